The highest BCUT2D eigenvalue weighted by Crippen LogP contribution is 2.29. The second kappa shape index (κ2) is 5.15. The van der Waals surface area contributed by atoms with Crippen LogP contribution < -0.4 is 5.73 Å². The highest BCUT2D eigenvalue weighted by Gasteiger charge is 2.29. The minimum Gasteiger partial charge on any atom is -0.381 e. The van der Waals surface area contributed by atoms with Crippen LogP contribution in [-0.4, -0.2) is 15.0 Å². The number of nitrogen functional groups attached to an aromatic ring is 1. The Kier molecular flexibility index (Phi) is 3.69. The van der Waals surface area contributed by atoms with Gasteiger partial charge in [0.25, 0.3) is 0 Å². The summed E-state index contributed by atoms with van der Waals surface area (Å²) in [5.74, 6) is 0.492. The van der Waals surface area contributed by atoms with Gasteiger partial charge in [0.1, 0.15) is 0 Å². The van der Waals surface area contributed by atoms with Gasteiger partial charge in [0, 0.05) is 0 Å². The van der Waals surface area contributed by atoms with Gasteiger partial charge in [-0.2, -0.15) is 13.2 Å². The molecule has 0 amide bonds. The first-order valence-corrected chi connectivity index (χ1v) is 6.14. The van der Waals surface area contributed by atoms with Crippen molar-refractivity contribution >= 4 is 5.82 Å². The number of nitrogens with two attached hydrogens (primary N) is 1. The second-order valence-corrected chi connectivity index (χ2v) is 4.87. The molecule has 7 heteroatoms. The Hall–Kier alpha value is -2.05. The molecule has 0 saturated heterocycles. The van der Waals surface area contributed by atoms with E-state index in [1.54, 1.807) is 4.68 Å². The van der Waals surface area contributed by atoms with Gasteiger partial charge in [-0.3, -0.25) is 0 Å². The molecule has 0 aliphatic carbocycles. The maximum absolute atomic E-state index is 12.5. The van der Waals surface area contributed by atoms with E-state index in [0.717, 1.165) is 17.8 Å². The third-order valence-corrected chi connectivity index (χ3v) is 2.96. The van der Waals surface area contributed by atoms with Gasteiger partial charge in [-0.15, -0.1) is 5.10 Å². The van der Waals surface area contributed by atoms with Crippen molar-refractivity contribution in [2.75, 3.05) is 5.73 Å². The number of anilines is 1. The molecule has 0 spiro atoms. The zero-order chi connectivity index (χ0) is 14.9. The number of benzene rings is 1. The Labute approximate surface area is 114 Å². The smallest absolute Gasteiger partial charge is 0.381 e. The number of halogens is 3. The van der Waals surface area contributed by atoms with Crippen molar-refractivity contribution < 1.29 is 13.2 Å². The van der Waals surface area contributed by atoms with E-state index >= 15 is 0 Å². The topological polar surface area (TPSA) is 56.7 Å². The van der Waals surface area contributed by atoms with Crippen molar-refractivity contribution in [2.45, 2.75) is 32.5 Å². The average Bonchev–Trinajstić information content (AvgIpc) is 2.70. The number of aromatic nitrogens is 3. The number of hydrogen-bond donors (Lipinski definition) is 1. The summed E-state index contributed by atoms with van der Waals surface area (Å²) in [6, 6.07) is 4.99. The Balaban J connectivity index is 2.23. The molecular weight excluding hydrogens is 269 g/mol. The summed E-state index contributed by atoms with van der Waals surface area (Å²) in [6.07, 6.45) is -4.32. The Morgan fingerprint density at radius 2 is 1.80 bits per heavy atom. The quantitative estimate of drug-likeness (QED) is 0.942. The first-order valence-electron chi connectivity index (χ1n) is 6.14. The molecule has 0 bridgehead atoms. The first-order chi connectivity index (χ1) is 9.29. The average molecular weight is 284 g/mol. The lowest BCUT2D eigenvalue weighted by atomic mass is 10.1. The van der Waals surface area contributed by atoms with Crippen molar-refractivity contribution in [3.05, 3.63) is 41.1 Å². The van der Waals surface area contributed by atoms with Gasteiger partial charge in [-0.1, -0.05) is 31.2 Å². The SMILES string of the molecule is CC(C)c1c(N)nnn1Cc1ccc(C(F)(F)F)cc1. The summed E-state index contributed by atoms with van der Waals surface area (Å²) < 4.78 is 39.0. The van der Waals surface area contributed by atoms with E-state index in [1.807, 2.05) is 13.8 Å². The maximum atomic E-state index is 12.5. The number of nitrogens with zero attached hydrogens (tertiary/aromatic N) is 3. The molecule has 0 saturated carbocycles. The van der Waals surface area contributed by atoms with Gasteiger partial charge < -0.3 is 5.73 Å². The van der Waals surface area contributed by atoms with Gasteiger partial charge >= 0.3 is 6.18 Å². The van der Waals surface area contributed by atoms with Crippen molar-refractivity contribution in [3.63, 3.8) is 0 Å². The number of alkyl halides is 3. The molecule has 2 aromatic rings. The van der Waals surface area contributed by atoms with Crippen LogP contribution in [0.1, 0.15) is 36.6 Å². The van der Waals surface area contributed by atoms with E-state index in [4.69, 9.17) is 5.73 Å². The Morgan fingerprint density at radius 1 is 1.20 bits per heavy atom. The molecule has 0 radical (unpaired) electrons. The normalized spacial score (nSPS) is 12.1. The van der Waals surface area contributed by atoms with Gasteiger partial charge in [-0.25, -0.2) is 4.68 Å². The molecule has 1 heterocycles. The molecule has 0 atom stereocenters. The molecule has 4 nitrogen and oxygen atoms in total. The lowest BCUT2D eigenvalue weighted by Gasteiger charge is -2.11. The van der Waals surface area contributed by atoms with Crippen molar-refractivity contribution in [1.82, 2.24) is 15.0 Å². The lowest BCUT2D eigenvalue weighted by Crippen LogP contribution is -2.09. The molecule has 0 aliphatic heterocycles. The summed E-state index contributed by atoms with van der Waals surface area (Å²) in [6.45, 7) is 4.26. The molecule has 0 unspecified atom stereocenters. The van der Waals surface area contributed by atoms with E-state index in [2.05, 4.69) is 10.3 Å². The molecule has 2 rings (SSSR count). The zero-order valence-corrected chi connectivity index (χ0v) is 11.1. The molecular formula is C13H15F3N4. The van der Waals surface area contributed by atoms with Crippen LogP contribution in [0.3, 0.4) is 0 Å². The highest BCUT2D eigenvalue weighted by molar-refractivity contribution is 5.36. The van der Waals surface area contributed by atoms with Gasteiger partial charge in [0.2, 0.25) is 0 Å². The molecule has 0 aliphatic rings. The largest absolute Gasteiger partial charge is 0.416 e. The predicted molar refractivity (Wildman–Crippen MR) is 69.1 cm³/mol. The molecule has 2 N–H and O–H groups in total. The molecule has 0 fully saturated rings. The molecule has 1 aromatic carbocycles. The van der Waals surface area contributed by atoms with Gasteiger partial charge in [0.05, 0.1) is 17.8 Å². The van der Waals surface area contributed by atoms with Crippen molar-refractivity contribution in [3.8, 4) is 0 Å². The van der Waals surface area contributed by atoms with Crippen LogP contribution in [0.4, 0.5) is 19.0 Å². The van der Waals surface area contributed by atoms with Crippen molar-refractivity contribution in [2.24, 2.45) is 0 Å². The second-order valence-electron chi connectivity index (χ2n) is 4.87. The summed E-state index contributed by atoms with van der Waals surface area (Å²) in [5, 5.41) is 7.72. The van der Waals surface area contributed by atoms with Crippen LogP contribution in [0.25, 0.3) is 0 Å². The molecule has 1 aromatic heterocycles. The summed E-state index contributed by atoms with van der Waals surface area (Å²) in [4.78, 5) is 0. The van der Waals surface area contributed by atoms with Crippen LogP contribution in [0, 0.1) is 0 Å². The van der Waals surface area contributed by atoms with E-state index in [0.29, 0.717) is 17.9 Å². The Morgan fingerprint density at radius 3 is 2.30 bits per heavy atom. The highest BCUT2D eigenvalue weighted by atomic mass is 19.4. The number of hydrogen-bond acceptors (Lipinski definition) is 3. The van der Waals surface area contributed by atoms with Crippen LogP contribution in [0.5, 0.6) is 0 Å². The summed E-state index contributed by atoms with van der Waals surface area (Å²) in [7, 11) is 0. The number of rotatable bonds is 3. The van der Waals surface area contributed by atoms with Gasteiger partial charge in [-0.05, 0) is 23.6 Å². The van der Waals surface area contributed by atoms with Crippen LogP contribution >= 0.6 is 0 Å². The maximum Gasteiger partial charge on any atom is 0.416 e. The van der Waals surface area contributed by atoms with Gasteiger partial charge in [0.15, 0.2) is 5.82 Å². The van der Waals surface area contributed by atoms with E-state index in [9.17, 15) is 13.2 Å². The first kappa shape index (κ1) is 14.4. The fourth-order valence-corrected chi connectivity index (χ4v) is 2.02. The third kappa shape index (κ3) is 2.92. The van der Waals surface area contributed by atoms with E-state index < -0.39 is 11.7 Å². The van der Waals surface area contributed by atoms with Crippen LogP contribution in [-0.2, 0) is 12.7 Å². The minimum absolute atomic E-state index is 0.138. The van der Waals surface area contributed by atoms with Crippen LogP contribution in [0.15, 0.2) is 24.3 Å². The van der Waals surface area contributed by atoms with Crippen LogP contribution in [0.2, 0.25) is 0 Å². The standard InChI is InChI=1S/C13H15F3N4/c1-8(2)11-12(17)18-19-20(11)7-9-3-5-10(6-4-9)13(14,15)16/h3-6,8H,7,17H2,1-2H3. The monoisotopic (exact) mass is 284 g/mol. The fraction of sp³-hybridized carbons (Fsp3) is 0.385. The van der Waals surface area contributed by atoms with E-state index in [-0.39, 0.29) is 5.92 Å². The zero-order valence-electron chi connectivity index (χ0n) is 11.1. The minimum atomic E-state index is -4.32. The summed E-state index contributed by atoms with van der Waals surface area (Å²) >= 11 is 0. The Bertz CT molecular complexity index is 585. The molecule has 108 valence electrons. The fourth-order valence-electron chi connectivity index (χ4n) is 2.02. The lowest BCUT2D eigenvalue weighted by molar-refractivity contribution is -0.137. The summed E-state index contributed by atoms with van der Waals surface area (Å²) in [5.41, 5.74) is 6.57. The van der Waals surface area contributed by atoms with Crippen molar-refractivity contribution in [1.29, 1.82) is 0 Å². The predicted octanol–water partition coefficient (Wildman–Crippen LogP) is 3.05. The molecule has 20 heavy (non-hydrogen) atoms. The van der Waals surface area contributed by atoms with E-state index in [1.165, 1.54) is 12.1 Å². The third-order valence-electron chi connectivity index (χ3n) is 2.96.